The van der Waals surface area contributed by atoms with Crippen LogP contribution in [0.2, 0.25) is 0 Å². The lowest BCUT2D eigenvalue weighted by atomic mass is 10.0. The molecule has 0 radical (unpaired) electrons. The lowest BCUT2D eigenvalue weighted by Gasteiger charge is -2.09. The summed E-state index contributed by atoms with van der Waals surface area (Å²) in [4.78, 5) is 11.5. The Morgan fingerprint density at radius 2 is 1.87 bits per heavy atom. The van der Waals surface area contributed by atoms with Crippen molar-refractivity contribution in [3.63, 3.8) is 0 Å². The lowest BCUT2D eigenvalue weighted by Crippen LogP contribution is -2.31. The molecule has 0 bridgehead atoms. The summed E-state index contributed by atoms with van der Waals surface area (Å²) in [5.41, 5.74) is 5.35. The van der Waals surface area contributed by atoms with Gasteiger partial charge in [0.15, 0.2) is 5.78 Å². The number of halogens is 2. The first-order valence-corrected chi connectivity index (χ1v) is 4.72. The van der Waals surface area contributed by atoms with E-state index >= 15 is 0 Å². The van der Waals surface area contributed by atoms with Crippen molar-refractivity contribution >= 4 is 5.78 Å². The molecule has 0 saturated carbocycles. The summed E-state index contributed by atoms with van der Waals surface area (Å²) in [7, 11) is 0. The number of hydrogen-bond donors (Lipinski definition) is 1. The van der Waals surface area contributed by atoms with Crippen molar-refractivity contribution in [1.82, 2.24) is 0 Å². The van der Waals surface area contributed by atoms with Gasteiger partial charge >= 0.3 is 0 Å². The number of hydrogen-bond acceptors (Lipinski definition) is 2. The number of carbonyl (C=O) groups excluding carboxylic acids is 1. The van der Waals surface area contributed by atoms with E-state index in [2.05, 4.69) is 0 Å². The predicted molar refractivity (Wildman–Crippen MR) is 53.7 cm³/mol. The maximum Gasteiger partial charge on any atom is 0.185 e. The van der Waals surface area contributed by atoms with Gasteiger partial charge in [-0.05, 0) is 31.0 Å². The molecule has 15 heavy (non-hydrogen) atoms. The number of Topliss-reactive ketones (excluding diaryl/α,β-unsaturated/α-hetero) is 1. The molecule has 2 nitrogen and oxygen atoms in total. The second-order valence-corrected chi connectivity index (χ2v) is 3.48. The Morgan fingerprint density at radius 3 is 2.27 bits per heavy atom. The normalized spacial score (nSPS) is 12.6. The van der Waals surface area contributed by atoms with Gasteiger partial charge in [0, 0.05) is 0 Å². The smallest absolute Gasteiger partial charge is 0.185 e. The van der Waals surface area contributed by atoms with E-state index in [9.17, 15) is 13.6 Å². The quantitative estimate of drug-likeness (QED) is 0.782. The van der Waals surface area contributed by atoms with Gasteiger partial charge in [0.2, 0.25) is 0 Å². The maximum atomic E-state index is 13.3. The third kappa shape index (κ3) is 2.39. The average molecular weight is 213 g/mol. The molecule has 4 heteroatoms. The van der Waals surface area contributed by atoms with Crippen LogP contribution in [0, 0.1) is 18.6 Å². The number of nitrogens with two attached hydrogens (primary N) is 1. The first-order chi connectivity index (χ1) is 6.97. The fourth-order valence-corrected chi connectivity index (χ4v) is 1.31. The molecule has 0 amide bonds. The Labute approximate surface area is 87.1 Å². The molecule has 82 valence electrons. The fraction of sp³-hybridized carbons (Fsp3) is 0.364. The molecule has 0 aliphatic rings. The molecule has 1 atom stereocenters. The summed E-state index contributed by atoms with van der Waals surface area (Å²) in [6, 6.07) is 1.40. The molecule has 0 spiro atoms. The van der Waals surface area contributed by atoms with Crippen molar-refractivity contribution in [2.24, 2.45) is 5.73 Å². The number of rotatable bonds is 3. The van der Waals surface area contributed by atoms with Crippen LogP contribution in [-0.4, -0.2) is 11.8 Å². The van der Waals surface area contributed by atoms with E-state index in [0.717, 1.165) is 12.1 Å². The highest BCUT2D eigenvalue weighted by Crippen LogP contribution is 2.17. The molecule has 0 aromatic heterocycles. The van der Waals surface area contributed by atoms with Gasteiger partial charge in [-0.15, -0.1) is 0 Å². The predicted octanol–water partition coefficient (Wildman–Crippen LogP) is 2.19. The molecular weight excluding hydrogens is 200 g/mol. The van der Waals surface area contributed by atoms with Crippen LogP contribution in [0.1, 0.15) is 29.3 Å². The zero-order valence-corrected chi connectivity index (χ0v) is 8.68. The molecule has 0 aliphatic carbocycles. The van der Waals surface area contributed by atoms with Gasteiger partial charge in [0.05, 0.1) is 11.6 Å². The standard InChI is InChI=1S/C11H13F2NO/c1-3-9(14)11(15)10-7(12)4-6(2)5-8(10)13/h4-5,9H,3,14H2,1-2H3. The van der Waals surface area contributed by atoms with Gasteiger partial charge in [-0.2, -0.15) is 0 Å². The second-order valence-electron chi connectivity index (χ2n) is 3.48. The van der Waals surface area contributed by atoms with Crippen LogP contribution in [-0.2, 0) is 0 Å². The molecule has 2 N–H and O–H groups in total. The molecule has 0 aliphatic heterocycles. The molecule has 0 fully saturated rings. The largest absolute Gasteiger partial charge is 0.321 e. The van der Waals surface area contributed by atoms with Crippen LogP contribution in [0.3, 0.4) is 0 Å². The van der Waals surface area contributed by atoms with Crippen LogP contribution in [0.25, 0.3) is 0 Å². The average Bonchev–Trinajstić information content (AvgIpc) is 2.14. The highest BCUT2D eigenvalue weighted by molar-refractivity contribution is 6.00. The molecule has 1 aromatic carbocycles. The minimum Gasteiger partial charge on any atom is -0.321 e. The minimum absolute atomic E-state index is 0.353. The van der Waals surface area contributed by atoms with Crippen molar-refractivity contribution in [2.75, 3.05) is 0 Å². The summed E-state index contributed by atoms with van der Waals surface area (Å²) < 4.78 is 26.7. The molecule has 1 unspecified atom stereocenters. The van der Waals surface area contributed by atoms with E-state index in [4.69, 9.17) is 5.73 Å². The van der Waals surface area contributed by atoms with E-state index in [-0.39, 0.29) is 0 Å². The van der Waals surface area contributed by atoms with E-state index in [1.165, 1.54) is 0 Å². The van der Waals surface area contributed by atoms with E-state index in [1.54, 1.807) is 13.8 Å². The summed E-state index contributed by atoms with van der Waals surface area (Å²) in [5, 5.41) is 0. The number of aryl methyl sites for hydroxylation is 1. The summed E-state index contributed by atoms with van der Waals surface area (Å²) in [6.07, 6.45) is 0.353. The molecule has 0 saturated heterocycles. The maximum absolute atomic E-state index is 13.3. The van der Waals surface area contributed by atoms with Gasteiger partial charge in [0.25, 0.3) is 0 Å². The lowest BCUT2D eigenvalue weighted by molar-refractivity contribution is 0.0951. The topological polar surface area (TPSA) is 43.1 Å². The Morgan fingerprint density at radius 1 is 1.40 bits per heavy atom. The van der Waals surface area contributed by atoms with Gasteiger partial charge in [-0.25, -0.2) is 8.78 Å². The van der Waals surface area contributed by atoms with Crippen molar-refractivity contribution < 1.29 is 13.6 Å². The second kappa shape index (κ2) is 4.49. The van der Waals surface area contributed by atoms with E-state index < -0.39 is 29.0 Å². The molecular formula is C11H13F2NO. The van der Waals surface area contributed by atoms with Crippen LogP contribution < -0.4 is 5.73 Å². The number of ketones is 1. The molecule has 1 aromatic rings. The van der Waals surface area contributed by atoms with Crippen LogP contribution in [0.4, 0.5) is 8.78 Å². The third-order valence-corrected chi connectivity index (χ3v) is 2.21. The van der Waals surface area contributed by atoms with E-state index in [0.29, 0.717) is 12.0 Å². The van der Waals surface area contributed by atoms with Crippen molar-refractivity contribution in [1.29, 1.82) is 0 Å². The number of benzene rings is 1. The van der Waals surface area contributed by atoms with Crippen molar-refractivity contribution in [2.45, 2.75) is 26.3 Å². The van der Waals surface area contributed by atoms with Gasteiger partial charge in [0.1, 0.15) is 11.6 Å². The van der Waals surface area contributed by atoms with Crippen LogP contribution in [0.5, 0.6) is 0 Å². The first kappa shape index (κ1) is 11.8. The first-order valence-electron chi connectivity index (χ1n) is 4.72. The highest BCUT2D eigenvalue weighted by Gasteiger charge is 2.22. The summed E-state index contributed by atoms with van der Waals surface area (Å²) in [6.45, 7) is 3.24. The summed E-state index contributed by atoms with van der Waals surface area (Å²) in [5.74, 6) is -2.38. The van der Waals surface area contributed by atoms with Crippen LogP contribution >= 0.6 is 0 Å². The zero-order valence-electron chi connectivity index (χ0n) is 8.68. The van der Waals surface area contributed by atoms with Crippen molar-refractivity contribution in [3.8, 4) is 0 Å². The number of carbonyl (C=O) groups is 1. The van der Waals surface area contributed by atoms with Crippen molar-refractivity contribution in [3.05, 3.63) is 34.9 Å². The molecule has 1 rings (SSSR count). The monoisotopic (exact) mass is 213 g/mol. The Hall–Kier alpha value is -1.29. The zero-order chi connectivity index (χ0) is 11.6. The Bertz CT molecular complexity index is 367. The van der Waals surface area contributed by atoms with Gasteiger partial charge in [-0.3, -0.25) is 4.79 Å². The van der Waals surface area contributed by atoms with E-state index in [1.807, 2.05) is 0 Å². The highest BCUT2D eigenvalue weighted by atomic mass is 19.1. The SMILES string of the molecule is CCC(N)C(=O)c1c(F)cc(C)cc1F. The van der Waals surface area contributed by atoms with Crippen LogP contribution in [0.15, 0.2) is 12.1 Å². The third-order valence-electron chi connectivity index (χ3n) is 2.21. The fourth-order valence-electron chi connectivity index (χ4n) is 1.31. The summed E-state index contributed by atoms with van der Waals surface area (Å²) >= 11 is 0. The van der Waals surface area contributed by atoms with Gasteiger partial charge < -0.3 is 5.73 Å². The van der Waals surface area contributed by atoms with Gasteiger partial charge in [-0.1, -0.05) is 6.92 Å². The minimum atomic E-state index is -0.850. The Balaban J connectivity index is 3.20. The molecule has 0 heterocycles. The Kier molecular flexibility index (Phi) is 3.52.